The Balaban J connectivity index is 1.35. The van der Waals surface area contributed by atoms with Gasteiger partial charge in [-0.3, -0.25) is 4.79 Å². The average molecular weight is 693 g/mol. The molecule has 0 aliphatic carbocycles. The predicted octanol–water partition coefficient (Wildman–Crippen LogP) is 8.56. The molecule has 3 aliphatic heterocycles. The van der Waals surface area contributed by atoms with E-state index in [1.54, 1.807) is 6.07 Å². The van der Waals surface area contributed by atoms with E-state index < -0.39 is 47.1 Å². The molecule has 0 radical (unpaired) electrons. The summed E-state index contributed by atoms with van der Waals surface area (Å²) in [5.74, 6) is -0.443. The van der Waals surface area contributed by atoms with Crippen LogP contribution in [0.2, 0.25) is 10.0 Å². The third kappa shape index (κ3) is 8.78. The molecule has 1 N–H and O–H groups in total. The number of Topliss-reactive ketones (excluding diaryl/α,β-unsaturated/α-hetero) is 1. The van der Waals surface area contributed by atoms with Gasteiger partial charge in [-0.05, 0) is 138 Å². The molecule has 3 aliphatic rings. The number of piperidine rings is 2. The molecule has 12 heteroatoms. The Labute approximate surface area is 276 Å². The van der Waals surface area contributed by atoms with Crippen molar-refractivity contribution in [1.29, 1.82) is 0 Å². The Morgan fingerprint density at radius 1 is 0.848 bits per heavy atom. The van der Waals surface area contributed by atoms with Crippen LogP contribution in [-0.2, 0) is 29.0 Å². The van der Waals surface area contributed by atoms with Gasteiger partial charge in [-0.25, -0.2) is 0 Å². The molecular weight excluding hydrogens is 651 g/mol. The summed E-state index contributed by atoms with van der Waals surface area (Å²) >= 11 is 12.7. The molecular formula is C34H41Cl2F6N3O. The lowest BCUT2D eigenvalue weighted by Gasteiger charge is -2.42. The fourth-order valence-corrected chi connectivity index (χ4v) is 7.86. The van der Waals surface area contributed by atoms with E-state index in [0.717, 1.165) is 57.3 Å². The first-order valence-corrected chi connectivity index (χ1v) is 17.0. The van der Waals surface area contributed by atoms with Crippen LogP contribution < -0.4 is 5.32 Å². The van der Waals surface area contributed by atoms with Crippen LogP contribution in [0.5, 0.6) is 0 Å². The quantitative estimate of drug-likeness (QED) is 0.282. The number of halogens is 8. The van der Waals surface area contributed by atoms with Gasteiger partial charge in [0.2, 0.25) is 0 Å². The van der Waals surface area contributed by atoms with Gasteiger partial charge in [0.15, 0.2) is 5.78 Å². The highest BCUT2D eigenvalue weighted by molar-refractivity contribution is 6.42. The topological polar surface area (TPSA) is 35.6 Å². The van der Waals surface area contributed by atoms with E-state index in [0.29, 0.717) is 41.2 Å². The Kier molecular flexibility index (Phi) is 11.4. The minimum absolute atomic E-state index is 0.0858. The fraction of sp³-hybridized carbons (Fsp3) is 0.618. The molecule has 46 heavy (non-hydrogen) atoms. The van der Waals surface area contributed by atoms with Gasteiger partial charge in [-0.2, -0.15) is 26.3 Å². The Hall–Kier alpha value is -1.85. The summed E-state index contributed by atoms with van der Waals surface area (Å²) in [6.07, 6.45) is -1.91. The number of carbonyl (C=O) groups excluding carboxylic acids is 1. The van der Waals surface area contributed by atoms with Crippen molar-refractivity contribution in [3.8, 4) is 0 Å². The highest BCUT2D eigenvalue weighted by atomic mass is 35.5. The summed E-state index contributed by atoms with van der Waals surface area (Å²) in [6, 6.07) is 6.72. The van der Waals surface area contributed by atoms with E-state index in [2.05, 4.69) is 15.1 Å². The van der Waals surface area contributed by atoms with Crippen molar-refractivity contribution in [3.63, 3.8) is 0 Å². The van der Waals surface area contributed by atoms with Gasteiger partial charge >= 0.3 is 12.4 Å². The molecule has 0 aromatic heterocycles. The standard InChI is InChI=1S/C34H41Cl2F6N3O/c35-28-6-5-24(21-29(28)36)32(10-16-44-14-7-27(8-15-44)45-12-2-1-3-13-45)9-4-11-43-30(22-32)31(46)19-23-17-25(33(37,38)39)20-26(18-23)34(40,41)42/h5-6,17-18,20-21,27,30,43H,1-4,7-16,19,22H2. The van der Waals surface area contributed by atoms with Crippen molar-refractivity contribution < 1.29 is 31.1 Å². The zero-order valence-corrected chi connectivity index (χ0v) is 27.3. The molecule has 2 unspecified atom stereocenters. The minimum atomic E-state index is -4.98. The molecule has 2 atom stereocenters. The molecule has 0 saturated carbocycles. The lowest BCUT2D eigenvalue weighted by atomic mass is 9.69. The Bertz CT molecular complexity index is 1320. The van der Waals surface area contributed by atoms with Crippen molar-refractivity contribution in [2.45, 2.75) is 94.1 Å². The average Bonchev–Trinajstić information content (AvgIpc) is 3.25. The lowest BCUT2D eigenvalue weighted by Crippen LogP contribution is -2.48. The number of likely N-dealkylation sites (tertiary alicyclic amines) is 2. The second kappa shape index (κ2) is 14.7. The van der Waals surface area contributed by atoms with Crippen molar-refractivity contribution in [2.75, 3.05) is 39.3 Å². The summed E-state index contributed by atoms with van der Waals surface area (Å²) in [5, 5.41) is 4.05. The van der Waals surface area contributed by atoms with Gasteiger partial charge in [0.1, 0.15) is 0 Å². The van der Waals surface area contributed by atoms with Crippen molar-refractivity contribution in [3.05, 3.63) is 68.7 Å². The number of rotatable bonds is 8. The van der Waals surface area contributed by atoms with Crippen LogP contribution in [0.1, 0.15) is 80.0 Å². The van der Waals surface area contributed by atoms with E-state index >= 15 is 0 Å². The number of ketones is 1. The molecule has 2 aromatic carbocycles. The number of benzene rings is 2. The van der Waals surface area contributed by atoms with E-state index in [9.17, 15) is 31.1 Å². The smallest absolute Gasteiger partial charge is 0.307 e. The van der Waals surface area contributed by atoms with Gasteiger partial charge in [-0.1, -0.05) is 35.7 Å². The molecule has 4 nitrogen and oxygen atoms in total. The molecule has 2 aromatic rings. The maximum absolute atomic E-state index is 13.7. The lowest BCUT2D eigenvalue weighted by molar-refractivity contribution is -0.143. The molecule has 254 valence electrons. The normalized spacial score (nSPS) is 24.6. The Morgan fingerprint density at radius 3 is 2.11 bits per heavy atom. The van der Waals surface area contributed by atoms with E-state index in [-0.39, 0.29) is 11.6 Å². The van der Waals surface area contributed by atoms with E-state index in [1.807, 2.05) is 12.1 Å². The molecule has 3 saturated heterocycles. The highest BCUT2D eigenvalue weighted by Gasteiger charge is 2.41. The third-order valence-corrected chi connectivity index (χ3v) is 10.9. The molecule has 0 spiro atoms. The van der Waals surface area contributed by atoms with E-state index in [1.165, 1.54) is 32.4 Å². The number of nitrogens with zero attached hydrogens (tertiary/aromatic N) is 2. The first kappa shape index (κ1) is 35.5. The zero-order chi connectivity index (χ0) is 33.1. The second-order valence-electron chi connectivity index (χ2n) is 13.2. The minimum Gasteiger partial charge on any atom is -0.307 e. The monoisotopic (exact) mass is 691 g/mol. The van der Waals surface area contributed by atoms with Gasteiger partial charge in [-0.15, -0.1) is 0 Å². The molecule has 0 amide bonds. The van der Waals surface area contributed by atoms with Gasteiger partial charge in [0, 0.05) is 12.5 Å². The molecule has 3 heterocycles. The van der Waals surface area contributed by atoms with Crippen molar-refractivity contribution in [1.82, 2.24) is 15.1 Å². The van der Waals surface area contributed by atoms with Crippen LogP contribution in [0, 0.1) is 0 Å². The van der Waals surface area contributed by atoms with Crippen LogP contribution >= 0.6 is 23.2 Å². The number of hydrogen-bond acceptors (Lipinski definition) is 4. The summed E-state index contributed by atoms with van der Waals surface area (Å²) in [4.78, 5) is 18.8. The second-order valence-corrected chi connectivity index (χ2v) is 14.0. The summed E-state index contributed by atoms with van der Waals surface area (Å²) in [5.41, 5.74) is -2.71. The summed E-state index contributed by atoms with van der Waals surface area (Å²) < 4.78 is 81.0. The van der Waals surface area contributed by atoms with Crippen molar-refractivity contribution >= 4 is 29.0 Å². The number of alkyl halides is 6. The summed E-state index contributed by atoms with van der Waals surface area (Å²) in [6.45, 7) is 5.61. The predicted molar refractivity (Wildman–Crippen MR) is 168 cm³/mol. The maximum atomic E-state index is 13.7. The third-order valence-electron chi connectivity index (χ3n) is 10.1. The van der Waals surface area contributed by atoms with Crippen molar-refractivity contribution in [2.24, 2.45) is 0 Å². The van der Waals surface area contributed by atoms with Crippen LogP contribution in [0.15, 0.2) is 36.4 Å². The largest absolute Gasteiger partial charge is 0.416 e. The molecule has 3 fully saturated rings. The molecule has 5 rings (SSSR count). The van der Waals surface area contributed by atoms with Gasteiger partial charge in [0.05, 0.1) is 27.2 Å². The van der Waals surface area contributed by atoms with Crippen LogP contribution in [0.3, 0.4) is 0 Å². The first-order chi connectivity index (χ1) is 21.7. The summed E-state index contributed by atoms with van der Waals surface area (Å²) in [7, 11) is 0. The number of hydrogen-bond donors (Lipinski definition) is 1. The Morgan fingerprint density at radius 2 is 1.50 bits per heavy atom. The molecule has 0 bridgehead atoms. The van der Waals surface area contributed by atoms with Crippen LogP contribution in [-0.4, -0.2) is 66.9 Å². The first-order valence-electron chi connectivity index (χ1n) is 16.2. The number of nitrogens with one attached hydrogen (secondary N) is 1. The zero-order valence-electron chi connectivity index (χ0n) is 25.8. The SMILES string of the molecule is O=C(Cc1cc(C(F)(F)F)cc(C(F)(F)F)c1)C1CC(CCN2CCC(N3CCCCC3)CC2)(c2ccc(Cl)c(Cl)c2)CCCN1. The highest BCUT2D eigenvalue weighted by Crippen LogP contribution is 2.42. The maximum Gasteiger partial charge on any atom is 0.416 e. The van der Waals surface area contributed by atoms with Crippen LogP contribution in [0.25, 0.3) is 0 Å². The van der Waals surface area contributed by atoms with E-state index in [4.69, 9.17) is 23.2 Å². The number of carbonyl (C=O) groups is 1. The van der Waals surface area contributed by atoms with Gasteiger partial charge in [0.25, 0.3) is 0 Å². The van der Waals surface area contributed by atoms with Crippen LogP contribution in [0.4, 0.5) is 26.3 Å². The van der Waals surface area contributed by atoms with Gasteiger partial charge < -0.3 is 15.1 Å². The fourth-order valence-electron chi connectivity index (χ4n) is 7.56.